The lowest BCUT2D eigenvalue weighted by Gasteiger charge is -2.40. The third-order valence-corrected chi connectivity index (χ3v) is 10.1. The molecule has 0 aliphatic carbocycles. The molecule has 2 aliphatic rings. The Kier molecular flexibility index (Phi) is 11.8. The normalized spacial score (nSPS) is 17.2. The van der Waals surface area contributed by atoms with Gasteiger partial charge in [-0.1, -0.05) is 51.1 Å². The number of carbonyl (C=O) groups is 2. The molecule has 0 spiro atoms. The van der Waals surface area contributed by atoms with E-state index in [9.17, 15) is 23.1 Å². The van der Waals surface area contributed by atoms with Gasteiger partial charge in [0.05, 0.1) is 18.0 Å². The van der Waals surface area contributed by atoms with Crippen molar-refractivity contribution in [3.8, 4) is 5.75 Å². The van der Waals surface area contributed by atoms with E-state index in [1.807, 2.05) is 51.1 Å². The Bertz CT molecular complexity index is 1360. The molecule has 11 heteroatoms. The van der Waals surface area contributed by atoms with Gasteiger partial charge in [0, 0.05) is 45.3 Å². The van der Waals surface area contributed by atoms with Gasteiger partial charge in [0.15, 0.2) is 0 Å². The van der Waals surface area contributed by atoms with E-state index >= 15 is 0 Å². The van der Waals surface area contributed by atoms with Gasteiger partial charge in [-0.05, 0) is 67.1 Å². The Morgan fingerprint density at radius 2 is 1.77 bits per heavy atom. The zero-order valence-corrected chi connectivity index (χ0v) is 27.1. The number of amides is 2. The van der Waals surface area contributed by atoms with Crippen molar-refractivity contribution in [1.82, 2.24) is 19.8 Å². The van der Waals surface area contributed by atoms with E-state index in [1.165, 1.54) is 10.4 Å². The fourth-order valence-corrected chi connectivity index (χ4v) is 7.73. The lowest BCUT2D eigenvalue weighted by molar-refractivity contribution is -0.124. The van der Waals surface area contributed by atoms with Crippen LogP contribution >= 0.6 is 0 Å². The number of ether oxygens (including phenoxy) is 1. The first-order valence-electron chi connectivity index (χ1n) is 15.8. The van der Waals surface area contributed by atoms with Crippen LogP contribution in [0.15, 0.2) is 53.4 Å². The largest absolute Gasteiger partial charge is 0.493 e. The standard InChI is InChI=1S/C33H48N4O6S/c1-25(2)23-37(44(41,42)29-11-12-30-28(20-29)13-18-43-30)33(40,21-27-9-5-4-6-10-27)14-15-34-31(38)19-26(3)22-35-32(39)24-36-16-7-8-17-36/h4-6,9-12,20,25-26,40H,7-8,13-19,21-24H2,1-3H3,(H,34,38)(H,35,39). The highest BCUT2D eigenvalue weighted by Gasteiger charge is 2.43. The molecule has 0 aromatic heterocycles. The van der Waals surface area contributed by atoms with Gasteiger partial charge in [-0.15, -0.1) is 0 Å². The molecule has 1 fully saturated rings. The lowest BCUT2D eigenvalue weighted by Crippen LogP contribution is -2.55. The van der Waals surface area contributed by atoms with Crippen LogP contribution in [-0.2, 0) is 32.5 Å². The van der Waals surface area contributed by atoms with E-state index < -0.39 is 15.7 Å². The predicted octanol–water partition coefficient (Wildman–Crippen LogP) is 2.94. The second-order valence-corrected chi connectivity index (χ2v) is 14.5. The second kappa shape index (κ2) is 15.3. The molecule has 2 aromatic rings. The van der Waals surface area contributed by atoms with Gasteiger partial charge >= 0.3 is 0 Å². The van der Waals surface area contributed by atoms with Gasteiger partial charge in [-0.2, -0.15) is 4.31 Å². The highest BCUT2D eigenvalue weighted by Crippen LogP contribution is 2.33. The fourth-order valence-electron chi connectivity index (χ4n) is 5.85. The Morgan fingerprint density at radius 1 is 1.05 bits per heavy atom. The molecule has 0 bridgehead atoms. The summed E-state index contributed by atoms with van der Waals surface area (Å²) in [4.78, 5) is 27.3. The summed E-state index contributed by atoms with van der Waals surface area (Å²) < 4.78 is 35.1. The molecule has 2 atom stereocenters. The van der Waals surface area contributed by atoms with Crippen LogP contribution in [-0.4, -0.2) is 86.1 Å². The van der Waals surface area contributed by atoms with Gasteiger partial charge < -0.3 is 20.5 Å². The number of likely N-dealkylation sites (tertiary alicyclic amines) is 1. The third kappa shape index (κ3) is 9.26. The molecule has 2 heterocycles. The molecule has 242 valence electrons. The highest BCUT2D eigenvalue weighted by atomic mass is 32.2. The van der Waals surface area contributed by atoms with E-state index in [0.717, 1.165) is 37.1 Å². The predicted molar refractivity (Wildman–Crippen MR) is 170 cm³/mol. The summed E-state index contributed by atoms with van der Waals surface area (Å²) in [5.74, 6) is 0.281. The lowest BCUT2D eigenvalue weighted by atomic mass is 9.98. The molecule has 2 amide bonds. The van der Waals surface area contributed by atoms with Crippen LogP contribution in [0.4, 0.5) is 0 Å². The topological polar surface area (TPSA) is 128 Å². The SMILES string of the molecule is CC(C)CN(C(O)(CCNC(=O)CC(C)CNC(=O)CN1CCCC1)Cc1ccccc1)S(=O)(=O)c1ccc2c(c1)CCO2. The summed E-state index contributed by atoms with van der Waals surface area (Å²) >= 11 is 0. The summed E-state index contributed by atoms with van der Waals surface area (Å²) in [5.41, 5.74) is -0.190. The Balaban J connectivity index is 1.43. The number of nitrogens with one attached hydrogen (secondary N) is 2. The molecule has 3 N–H and O–H groups in total. The number of carbonyl (C=O) groups excluding carboxylic acids is 2. The van der Waals surface area contributed by atoms with Crippen LogP contribution < -0.4 is 15.4 Å². The second-order valence-electron chi connectivity index (χ2n) is 12.6. The summed E-state index contributed by atoms with van der Waals surface area (Å²) in [5, 5.41) is 18.0. The molecule has 4 rings (SSSR count). The van der Waals surface area contributed by atoms with Gasteiger partial charge in [0.2, 0.25) is 21.8 Å². The number of rotatable bonds is 16. The molecule has 1 saturated heterocycles. The van der Waals surface area contributed by atoms with Crippen LogP contribution in [0.5, 0.6) is 5.75 Å². The van der Waals surface area contributed by atoms with Crippen molar-refractivity contribution in [1.29, 1.82) is 0 Å². The van der Waals surface area contributed by atoms with Crippen molar-refractivity contribution in [3.63, 3.8) is 0 Å². The minimum atomic E-state index is -4.12. The average Bonchev–Trinajstić information content (AvgIpc) is 3.67. The smallest absolute Gasteiger partial charge is 0.245 e. The van der Waals surface area contributed by atoms with Crippen LogP contribution in [0.2, 0.25) is 0 Å². The maximum absolute atomic E-state index is 14.2. The first kappa shape index (κ1) is 33.9. The monoisotopic (exact) mass is 628 g/mol. The molecule has 0 saturated carbocycles. The number of hydrogen-bond acceptors (Lipinski definition) is 7. The summed E-state index contributed by atoms with van der Waals surface area (Å²) in [6, 6.07) is 14.1. The number of nitrogens with zero attached hydrogens (tertiary/aromatic N) is 2. The van der Waals surface area contributed by atoms with Gasteiger partial charge in [0.1, 0.15) is 11.5 Å². The fraction of sp³-hybridized carbons (Fsp3) is 0.576. The zero-order valence-electron chi connectivity index (χ0n) is 26.3. The molecule has 10 nitrogen and oxygen atoms in total. The Morgan fingerprint density at radius 3 is 2.48 bits per heavy atom. The minimum absolute atomic E-state index is 0.00537. The van der Waals surface area contributed by atoms with Crippen molar-refractivity contribution in [2.45, 2.75) is 69.9 Å². The molecule has 2 aromatic carbocycles. The van der Waals surface area contributed by atoms with E-state index in [4.69, 9.17) is 4.74 Å². The number of sulfonamides is 1. The van der Waals surface area contributed by atoms with Gasteiger partial charge in [-0.3, -0.25) is 14.5 Å². The van der Waals surface area contributed by atoms with Crippen LogP contribution in [0.1, 0.15) is 57.6 Å². The van der Waals surface area contributed by atoms with Crippen molar-refractivity contribution < 1.29 is 27.9 Å². The van der Waals surface area contributed by atoms with Crippen LogP contribution in [0.25, 0.3) is 0 Å². The van der Waals surface area contributed by atoms with E-state index in [-0.39, 0.29) is 60.9 Å². The maximum Gasteiger partial charge on any atom is 0.245 e. The first-order chi connectivity index (χ1) is 21.0. The summed E-state index contributed by atoms with van der Waals surface area (Å²) in [7, 11) is -4.12. The van der Waals surface area contributed by atoms with Crippen molar-refractivity contribution >= 4 is 21.8 Å². The average molecular weight is 629 g/mol. The van der Waals surface area contributed by atoms with Crippen LogP contribution in [0, 0.1) is 11.8 Å². The minimum Gasteiger partial charge on any atom is -0.493 e. The maximum atomic E-state index is 14.2. The van der Waals surface area contributed by atoms with Crippen molar-refractivity contribution in [2.75, 3.05) is 45.9 Å². The number of benzene rings is 2. The molecule has 0 radical (unpaired) electrons. The van der Waals surface area contributed by atoms with Crippen LogP contribution in [0.3, 0.4) is 0 Å². The molecule has 44 heavy (non-hydrogen) atoms. The molecular weight excluding hydrogens is 580 g/mol. The number of aliphatic hydroxyl groups is 1. The zero-order chi connectivity index (χ0) is 31.7. The van der Waals surface area contributed by atoms with Crippen molar-refractivity contribution in [2.24, 2.45) is 11.8 Å². The quantitative estimate of drug-likeness (QED) is 0.244. The molecule has 2 aliphatic heterocycles. The van der Waals surface area contributed by atoms with Crippen molar-refractivity contribution in [3.05, 3.63) is 59.7 Å². The summed E-state index contributed by atoms with van der Waals surface area (Å²) in [6.45, 7) is 9.08. The van der Waals surface area contributed by atoms with E-state index in [2.05, 4.69) is 15.5 Å². The summed E-state index contributed by atoms with van der Waals surface area (Å²) in [6.07, 6.45) is 3.12. The molecular formula is C33H48N4O6S. The first-order valence-corrected chi connectivity index (χ1v) is 17.2. The van der Waals surface area contributed by atoms with Gasteiger partial charge in [0.25, 0.3) is 0 Å². The van der Waals surface area contributed by atoms with E-state index in [0.29, 0.717) is 31.9 Å². The Labute approximate surface area is 262 Å². The number of fused-ring (bicyclic) bond motifs is 1. The van der Waals surface area contributed by atoms with E-state index in [1.54, 1.807) is 12.1 Å². The Hall–Kier alpha value is -2.99. The third-order valence-electron chi connectivity index (χ3n) is 8.17. The molecule has 2 unspecified atom stereocenters. The number of hydrogen-bond donors (Lipinski definition) is 3. The van der Waals surface area contributed by atoms with Gasteiger partial charge in [-0.25, -0.2) is 8.42 Å². The highest BCUT2D eigenvalue weighted by molar-refractivity contribution is 7.89.